The van der Waals surface area contributed by atoms with E-state index in [4.69, 9.17) is 9.47 Å². The zero-order chi connectivity index (χ0) is 13.8. The molecule has 4 nitrogen and oxygen atoms in total. The number of carbonyl (C=O) groups excluding carboxylic acids is 1. The van der Waals surface area contributed by atoms with Gasteiger partial charge in [-0.15, -0.1) is 11.3 Å². The van der Waals surface area contributed by atoms with Crippen molar-refractivity contribution in [2.24, 2.45) is 0 Å². The van der Waals surface area contributed by atoms with Crippen LogP contribution in [0.15, 0.2) is 35.7 Å². The van der Waals surface area contributed by atoms with E-state index in [0.717, 1.165) is 22.7 Å². The van der Waals surface area contributed by atoms with Crippen LogP contribution in [-0.4, -0.2) is 19.1 Å². The summed E-state index contributed by atoms with van der Waals surface area (Å²) in [5, 5.41) is 4.85. The van der Waals surface area contributed by atoms with E-state index in [1.807, 2.05) is 35.7 Å². The highest BCUT2D eigenvalue weighted by Crippen LogP contribution is 2.32. The van der Waals surface area contributed by atoms with Crippen molar-refractivity contribution < 1.29 is 14.3 Å². The number of anilines is 1. The third kappa shape index (κ3) is 3.11. The Morgan fingerprint density at radius 1 is 1.20 bits per heavy atom. The molecule has 1 aliphatic heterocycles. The van der Waals surface area contributed by atoms with E-state index in [1.165, 1.54) is 0 Å². The summed E-state index contributed by atoms with van der Waals surface area (Å²) in [5.41, 5.74) is 0.732. The smallest absolute Gasteiger partial charge is 0.229 e. The highest BCUT2D eigenvalue weighted by Gasteiger charge is 2.12. The maximum absolute atomic E-state index is 11.9. The summed E-state index contributed by atoms with van der Waals surface area (Å²) < 4.78 is 11.2. The number of carbonyl (C=O) groups is 1. The Balaban J connectivity index is 1.68. The zero-order valence-corrected chi connectivity index (χ0v) is 11.7. The van der Waals surface area contributed by atoms with Crippen molar-refractivity contribution in [2.45, 2.75) is 12.8 Å². The number of hydrogen-bond donors (Lipinski definition) is 1. The summed E-state index contributed by atoms with van der Waals surface area (Å²) >= 11 is 1.58. The van der Waals surface area contributed by atoms with E-state index in [-0.39, 0.29) is 5.91 Å². The topological polar surface area (TPSA) is 47.6 Å². The molecule has 20 heavy (non-hydrogen) atoms. The summed E-state index contributed by atoms with van der Waals surface area (Å²) in [7, 11) is 0. The van der Waals surface area contributed by atoms with Gasteiger partial charge in [-0.3, -0.25) is 4.79 Å². The number of rotatable bonds is 3. The maximum atomic E-state index is 11.9. The van der Waals surface area contributed by atoms with Gasteiger partial charge in [0.05, 0.1) is 19.6 Å². The fourth-order valence-corrected chi connectivity index (χ4v) is 2.72. The fourth-order valence-electron chi connectivity index (χ4n) is 2.02. The van der Waals surface area contributed by atoms with Gasteiger partial charge in [-0.1, -0.05) is 6.07 Å². The normalized spacial score (nSPS) is 13.6. The molecule has 0 bridgehead atoms. The van der Waals surface area contributed by atoms with E-state index in [2.05, 4.69) is 5.32 Å². The van der Waals surface area contributed by atoms with Crippen LogP contribution < -0.4 is 14.8 Å². The first-order valence-corrected chi connectivity index (χ1v) is 7.41. The second kappa shape index (κ2) is 5.96. The lowest BCUT2D eigenvalue weighted by Crippen LogP contribution is -2.13. The Kier molecular flexibility index (Phi) is 3.87. The molecule has 2 heterocycles. The molecule has 1 aromatic heterocycles. The lowest BCUT2D eigenvalue weighted by molar-refractivity contribution is -0.115. The van der Waals surface area contributed by atoms with Crippen molar-refractivity contribution in [1.29, 1.82) is 0 Å². The second-order valence-corrected chi connectivity index (χ2v) is 5.55. The number of benzene rings is 1. The molecule has 2 aromatic rings. The molecular weight excluding hydrogens is 274 g/mol. The van der Waals surface area contributed by atoms with Crippen LogP contribution in [0.2, 0.25) is 0 Å². The molecule has 5 heteroatoms. The van der Waals surface area contributed by atoms with Crippen LogP contribution in [0.1, 0.15) is 11.3 Å². The summed E-state index contributed by atoms with van der Waals surface area (Å²) in [4.78, 5) is 13.0. The molecule has 1 amide bonds. The highest BCUT2D eigenvalue weighted by atomic mass is 32.1. The predicted octanol–water partition coefficient (Wildman–Crippen LogP) is 3.09. The van der Waals surface area contributed by atoms with Crippen molar-refractivity contribution in [3.63, 3.8) is 0 Å². The number of nitrogens with one attached hydrogen (secondary N) is 1. The first-order valence-electron chi connectivity index (χ1n) is 6.53. The third-order valence-electron chi connectivity index (χ3n) is 2.95. The summed E-state index contributed by atoms with van der Waals surface area (Å²) in [6.07, 6.45) is 1.26. The van der Waals surface area contributed by atoms with E-state index in [0.29, 0.717) is 25.4 Å². The van der Waals surface area contributed by atoms with Crippen molar-refractivity contribution in [2.75, 3.05) is 18.5 Å². The van der Waals surface area contributed by atoms with Crippen LogP contribution in [0.25, 0.3) is 0 Å². The quantitative estimate of drug-likeness (QED) is 0.944. The van der Waals surface area contributed by atoms with Gasteiger partial charge in [0.25, 0.3) is 0 Å². The lowest BCUT2D eigenvalue weighted by Gasteiger charge is -2.10. The van der Waals surface area contributed by atoms with Crippen molar-refractivity contribution in [1.82, 2.24) is 0 Å². The van der Waals surface area contributed by atoms with Gasteiger partial charge in [-0.25, -0.2) is 0 Å². The SMILES string of the molecule is O=C(Cc1cccs1)Nc1ccc2c(c1)OCCCO2. The molecule has 0 fully saturated rings. The molecule has 1 aliphatic rings. The van der Waals surface area contributed by atoms with Gasteiger partial charge >= 0.3 is 0 Å². The standard InChI is InChI=1S/C15H15NO3S/c17-15(10-12-3-1-8-20-12)16-11-4-5-13-14(9-11)19-7-2-6-18-13/h1,3-5,8-9H,2,6-7,10H2,(H,16,17). The predicted molar refractivity (Wildman–Crippen MR) is 78.7 cm³/mol. The van der Waals surface area contributed by atoms with Crippen molar-refractivity contribution >= 4 is 22.9 Å². The van der Waals surface area contributed by atoms with Crippen molar-refractivity contribution in [3.05, 3.63) is 40.6 Å². The average Bonchev–Trinajstić information content (AvgIpc) is 2.82. The molecule has 0 atom stereocenters. The molecule has 0 saturated carbocycles. The molecule has 0 saturated heterocycles. The minimum absolute atomic E-state index is 0.0260. The molecule has 3 rings (SSSR count). The first kappa shape index (κ1) is 13.0. The van der Waals surface area contributed by atoms with Gasteiger partial charge in [0.15, 0.2) is 11.5 Å². The van der Waals surface area contributed by atoms with Gasteiger partial charge in [0, 0.05) is 23.1 Å². The van der Waals surface area contributed by atoms with Crippen molar-refractivity contribution in [3.8, 4) is 11.5 Å². The Hall–Kier alpha value is -2.01. The van der Waals surface area contributed by atoms with Crippen LogP contribution in [0.5, 0.6) is 11.5 Å². The van der Waals surface area contributed by atoms with Crippen LogP contribution in [-0.2, 0) is 11.2 Å². The Morgan fingerprint density at radius 2 is 2.05 bits per heavy atom. The van der Waals surface area contributed by atoms with Crippen LogP contribution in [0, 0.1) is 0 Å². The molecule has 0 unspecified atom stereocenters. The minimum Gasteiger partial charge on any atom is -0.490 e. The molecular formula is C15H15NO3S. The highest BCUT2D eigenvalue weighted by molar-refractivity contribution is 7.10. The maximum Gasteiger partial charge on any atom is 0.229 e. The number of hydrogen-bond acceptors (Lipinski definition) is 4. The fraction of sp³-hybridized carbons (Fsp3) is 0.267. The van der Waals surface area contributed by atoms with E-state index < -0.39 is 0 Å². The Morgan fingerprint density at radius 3 is 2.85 bits per heavy atom. The molecule has 0 radical (unpaired) electrons. The van der Waals surface area contributed by atoms with Gasteiger partial charge in [-0.05, 0) is 23.6 Å². The minimum atomic E-state index is -0.0260. The monoisotopic (exact) mass is 289 g/mol. The third-order valence-corrected chi connectivity index (χ3v) is 3.82. The molecule has 1 aromatic carbocycles. The van der Waals surface area contributed by atoms with E-state index >= 15 is 0 Å². The van der Waals surface area contributed by atoms with E-state index in [1.54, 1.807) is 11.3 Å². The molecule has 104 valence electrons. The van der Waals surface area contributed by atoms with Gasteiger partial charge in [0.1, 0.15) is 0 Å². The second-order valence-electron chi connectivity index (χ2n) is 4.52. The molecule has 0 spiro atoms. The summed E-state index contributed by atoms with van der Waals surface area (Å²) in [5.74, 6) is 1.40. The molecule has 0 aliphatic carbocycles. The number of amides is 1. The van der Waals surface area contributed by atoms with Gasteiger partial charge < -0.3 is 14.8 Å². The number of fused-ring (bicyclic) bond motifs is 1. The van der Waals surface area contributed by atoms with Crippen LogP contribution in [0.4, 0.5) is 5.69 Å². The zero-order valence-electron chi connectivity index (χ0n) is 10.9. The summed E-state index contributed by atoms with van der Waals surface area (Å²) in [6, 6.07) is 9.38. The number of thiophene rings is 1. The first-order chi connectivity index (χ1) is 9.81. The Bertz CT molecular complexity index is 595. The average molecular weight is 289 g/mol. The van der Waals surface area contributed by atoms with Gasteiger partial charge in [-0.2, -0.15) is 0 Å². The number of ether oxygens (including phenoxy) is 2. The summed E-state index contributed by atoms with van der Waals surface area (Å²) in [6.45, 7) is 1.30. The van der Waals surface area contributed by atoms with Crippen LogP contribution in [0.3, 0.4) is 0 Å². The van der Waals surface area contributed by atoms with E-state index in [9.17, 15) is 4.79 Å². The lowest BCUT2D eigenvalue weighted by atomic mass is 10.2. The largest absolute Gasteiger partial charge is 0.490 e. The van der Waals surface area contributed by atoms with Crippen LogP contribution >= 0.6 is 11.3 Å². The van der Waals surface area contributed by atoms with Gasteiger partial charge in [0.2, 0.25) is 5.91 Å². The Labute approximate surface area is 121 Å². The molecule has 1 N–H and O–H groups in total.